The summed E-state index contributed by atoms with van der Waals surface area (Å²) in [6.07, 6.45) is 3.62. The number of benzene rings is 1. The lowest BCUT2D eigenvalue weighted by atomic mass is 10.0. The van der Waals surface area contributed by atoms with Crippen LogP contribution in [0.1, 0.15) is 50.5 Å². The van der Waals surface area contributed by atoms with Crippen molar-refractivity contribution in [3.05, 3.63) is 35.9 Å². The smallest absolute Gasteiger partial charge is 0.326 e. The second-order valence-corrected chi connectivity index (χ2v) is 9.59. The highest BCUT2D eigenvalue weighted by Crippen LogP contribution is 2.10. The molecule has 1 aliphatic rings. The summed E-state index contributed by atoms with van der Waals surface area (Å²) in [6, 6.07) is 5.74. The van der Waals surface area contributed by atoms with Crippen molar-refractivity contribution in [1.82, 2.24) is 21.3 Å². The van der Waals surface area contributed by atoms with E-state index in [1.54, 1.807) is 0 Å². The Bertz CT molecular complexity index is 964. The number of rotatable bonds is 17. The number of amides is 3. The minimum atomic E-state index is -1.21. The molecule has 3 amide bonds. The molecule has 1 aliphatic heterocycles. The number of guanidine groups is 1. The van der Waals surface area contributed by atoms with Crippen LogP contribution in [0.15, 0.2) is 35.3 Å². The number of carboxylic acid groups (broad SMARTS) is 1. The lowest BCUT2D eigenvalue weighted by molar-refractivity contribution is -0.142. The highest BCUT2D eigenvalue weighted by atomic mass is 16.4. The summed E-state index contributed by atoms with van der Waals surface area (Å²) in [5, 5.41) is 20.8. The zero-order valence-corrected chi connectivity index (χ0v) is 22.2. The summed E-state index contributed by atoms with van der Waals surface area (Å²) in [7, 11) is 0. The first-order valence-corrected chi connectivity index (χ1v) is 13.4. The fraction of sp³-hybridized carbons (Fsp3) is 0.577. The van der Waals surface area contributed by atoms with Gasteiger partial charge in [0.05, 0.1) is 6.04 Å². The minimum Gasteiger partial charge on any atom is -0.480 e. The highest BCUT2D eigenvalue weighted by molar-refractivity contribution is 5.94. The first kappa shape index (κ1) is 31.5. The van der Waals surface area contributed by atoms with Crippen LogP contribution < -0.4 is 38.5 Å². The molecule has 0 spiro atoms. The van der Waals surface area contributed by atoms with Crippen molar-refractivity contribution in [3.63, 3.8) is 0 Å². The number of unbranched alkanes of at least 4 members (excludes halogenated alkanes) is 1. The molecular formula is C26H42N8O5. The Morgan fingerprint density at radius 2 is 1.62 bits per heavy atom. The third-order valence-corrected chi connectivity index (χ3v) is 6.43. The van der Waals surface area contributed by atoms with E-state index in [0.29, 0.717) is 32.2 Å². The average molecular weight is 547 g/mol. The molecule has 13 heteroatoms. The van der Waals surface area contributed by atoms with Crippen LogP contribution in [0.4, 0.5) is 0 Å². The number of hydrogen-bond donors (Lipinski definition) is 8. The fourth-order valence-corrected chi connectivity index (χ4v) is 4.31. The van der Waals surface area contributed by atoms with Crippen LogP contribution in [0.5, 0.6) is 0 Å². The van der Waals surface area contributed by atoms with Crippen molar-refractivity contribution in [3.8, 4) is 0 Å². The SMILES string of the molecule is NCCCCC(NC(=O)C(Cc1ccccc1)NC(=O)C1CCCN1)C(=O)NC(CCCN=C(N)N)C(=O)O. The third kappa shape index (κ3) is 11.7. The maximum atomic E-state index is 13.4. The molecule has 1 heterocycles. The van der Waals surface area contributed by atoms with Gasteiger partial charge >= 0.3 is 5.97 Å². The fourth-order valence-electron chi connectivity index (χ4n) is 4.31. The van der Waals surface area contributed by atoms with E-state index in [0.717, 1.165) is 18.5 Å². The molecule has 1 saturated heterocycles. The normalized spacial score (nSPS) is 16.9. The number of carbonyl (C=O) groups is 4. The van der Waals surface area contributed by atoms with E-state index >= 15 is 0 Å². The van der Waals surface area contributed by atoms with Gasteiger partial charge in [-0.25, -0.2) is 4.79 Å². The molecule has 0 saturated carbocycles. The molecule has 13 nitrogen and oxygen atoms in total. The molecular weight excluding hydrogens is 504 g/mol. The molecule has 0 radical (unpaired) electrons. The van der Waals surface area contributed by atoms with Gasteiger partial charge in [0.2, 0.25) is 17.7 Å². The van der Waals surface area contributed by atoms with Gasteiger partial charge in [0, 0.05) is 13.0 Å². The van der Waals surface area contributed by atoms with Crippen LogP contribution >= 0.6 is 0 Å². The molecule has 4 atom stereocenters. The van der Waals surface area contributed by atoms with E-state index < -0.39 is 35.9 Å². The molecule has 11 N–H and O–H groups in total. The zero-order valence-electron chi connectivity index (χ0n) is 22.2. The van der Waals surface area contributed by atoms with E-state index in [1.807, 2.05) is 30.3 Å². The van der Waals surface area contributed by atoms with Gasteiger partial charge in [-0.15, -0.1) is 0 Å². The van der Waals surface area contributed by atoms with Crippen LogP contribution in [-0.2, 0) is 25.6 Å². The monoisotopic (exact) mass is 546 g/mol. The van der Waals surface area contributed by atoms with Gasteiger partial charge in [-0.3, -0.25) is 19.4 Å². The number of carbonyl (C=O) groups excluding carboxylic acids is 3. The second kappa shape index (κ2) is 17.0. The number of nitrogens with zero attached hydrogens (tertiary/aromatic N) is 1. The van der Waals surface area contributed by atoms with Crippen molar-refractivity contribution >= 4 is 29.7 Å². The van der Waals surface area contributed by atoms with Gasteiger partial charge in [0.1, 0.15) is 18.1 Å². The minimum absolute atomic E-state index is 0.0996. The van der Waals surface area contributed by atoms with Crippen LogP contribution in [0.2, 0.25) is 0 Å². The Hall–Kier alpha value is -3.71. The zero-order chi connectivity index (χ0) is 28.6. The molecule has 4 unspecified atom stereocenters. The maximum Gasteiger partial charge on any atom is 0.326 e. The van der Waals surface area contributed by atoms with Gasteiger partial charge in [-0.1, -0.05) is 30.3 Å². The number of hydrogen-bond acceptors (Lipinski definition) is 7. The first-order chi connectivity index (χ1) is 18.7. The molecule has 2 rings (SSSR count). The summed E-state index contributed by atoms with van der Waals surface area (Å²) in [5.74, 6) is -2.75. The molecule has 216 valence electrons. The van der Waals surface area contributed by atoms with Gasteiger partial charge < -0.3 is 43.6 Å². The lowest BCUT2D eigenvalue weighted by Crippen LogP contribution is -2.57. The van der Waals surface area contributed by atoms with Crippen LogP contribution in [-0.4, -0.2) is 78.6 Å². The van der Waals surface area contributed by atoms with Gasteiger partial charge in [-0.2, -0.15) is 0 Å². The van der Waals surface area contributed by atoms with Crippen molar-refractivity contribution in [2.45, 2.75) is 75.5 Å². The van der Waals surface area contributed by atoms with Crippen molar-refractivity contribution in [2.24, 2.45) is 22.2 Å². The molecule has 1 aromatic carbocycles. The molecule has 39 heavy (non-hydrogen) atoms. The van der Waals surface area contributed by atoms with E-state index in [9.17, 15) is 24.3 Å². The molecule has 0 aliphatic carbocycles. The molecule has 0 aromatic heterocycles. The Morgan fingerprint density at radius 3 is 2.23 bits per heavy atom. The standard InChI is InChI=1S/C26H42N8O5/c27-13-5-4-10-19(23(36)33-20(25(38)39)12-7-15-31-26(28)29)32-24(37)21(16-17-8-2-1-3-9-17)34-22(35)18-11-6-14-30-18/h1-3,8-9,18-21,30H,4-7,10-16,27H2,(H,32,37)(H,33,36)(H,34,35)(H,38,39)(H4,28,29,31). The van der Waals surface area contributed by atoms with E-state index in [-0.39, 0.29) is 43.7 Å². The second-order valence-electron chi connectivity index (χ2n) is 9.59. The Balaban J connectivity index is 2.13. The Labute approximate surface area is 228 Å². The number of carboxylic acids is 1. The van der Waals surface area contributed by atoms with E-state index in [4.69, 9.17) is 17.2 Å². The Morgan fingerprint density at radius 1 is 0.949 bits per heavy atom. The van der Waals surface area contributed by atoms with Crippen LogP contribution in [0, 0.1) is 0 Å². The largest absolute Gasteiger partial charge is 0.480 e. The summed E-state index contributed by atoms with van der Waals surface area (Å²) >= 11 is 0. The van der Waals surface area contributed by atoms with Gasteiger partial charge in [-0.05, 0) is 63.6 Å². The highest BCUT2D eigenvalue weighted by Gasteiger charge is 2.31. The topological polar surface area (TPSA) is 227 Å². The molecule has 1 fully saturated rings. The maximum absolute atomic E-state index is 13.4. The van der Waals surface area contributed by atoms with Crippen molar-refractivity contribution < 1.29 is 24.3 Å². The number of aliphatic carboxylic acids is 1. The first-order valence-electron chi connectivity index (χ1n) is 13.4. The van der Waals surface area contributed by atoms with Gasteiger partial charge in [0.15, 0.2) is 5.96 Å². The van der Waals surface area contributed by atoms with E-state index in [1.165, 1.54) is 0 Å². The summed E-state index contributed by atoms with van der Waals surface area (Å²) in [5.41, 5.74) is 17.0. The van der Waals surface area contributed by atoms with Crippen LogP contribution in [0.25, 0.3) is 0 Å². The van der Waals surface area contributed by atoms with Crippen molar-refractivity contribution in [1.29, 1.82) is 0 Å². The van der Waals surface area contributed by atoms with Gasteiger partial charge in [0.25, 0.3) is 0 Å². The number of aliphatic imine (C=N–C) groups is 1. The van der Waals surface area contributed by atoms with Crippen LogP contribution in [0.3, 0.4) is 0 Å². The number of nitrogens with one attached hydrogen (secondary N) is 4. The average Bonchev–Trinajstić information content (AvgIpc) is 3.45. The Kier molecular flexibility index (Phi) is 13.7. The summed E-state index contributed by atoms with van der Waals surface area (Å²) in [4.78, 5) is 55.0. The quantitative estimate of drug-likeness (QED) is 0.0659. The van der Waals surface area contributed by atoms with Crippen molar-refractivity contribution in [2.75, 3.05) is 19.6 Å². The summed E-state index contributed by atoms with van der Waals surface area (Å²) in [6.45, 7) is 1.36. The number of nitrogens with two attached hydrogens (primary N) is 3. The molecule has 1 aromatic rings. The molecule has 0 bridgehead atoms. The van der Waals surface area contributed by atoms with E-state index in [2.05, 4.69) is 26.3 Å². The lowest BCUT2D eigenvalue weighted by Gasteiger charge is -2.25. The third-order valence-electron chi connectivity index (χ3n) is 6.43. The predicted octanol–water partition coefficient (Wildman–Crippen LogP) is -1.30. The predicted molar refractivity (Wildman–Crippen MR) is 147 cm³/mol. The summed E-state index contributed by atoms with van der Waals surface area (Å²) < 4.78 is 0.